The van der Waals surface area contributed by atoms with Crippen LogP contribution in [0.5, 0.6) is 0 Å². The van der Waals surface area contributed by atoms with Gasteiger partial charge in [-0.25, -0.2) is 4.39 Å². The van der Waals surface area contributed by atoms with Crippen molar-refractivity contribution >= 4 is 39.1 Å². The molecule has 0 saturated heterocycles. The summed E-state index contributed by atoms with van der Waals surface area (Å²) in [5.74, 6) is -0.311. The fourth-order valence-corrected chi connectivity index (χ4v) is 2.25. The summed E-state index contributed by atoms with van der Waals surface area (Å²) in [6, 6.07) is 13.2. The first-order valence-corrected chi connectivity index (χ1v) is 6.45. The van der Waals surface area contributed by atoms with E-state index in [4.69, 9.17) is 23.2 Å². The van der Waals surface area contributed by atoms with Crippen molar-refractivity contribution in [3.63, 3.8) is 0 Å². The summed E-state index contributed by atoms with van der Waals surface area (Å²) in [5.41, 5.74) is 1.39. The van der Waals surface area contributed by atoms with Crippen LogP contribution in [0, 0.1) is 5.82 Å². The first-order valence-electron chi connectivity index (χ1n) is 4.90. The zero-order valence-corrected chi connectivity index (χ0v) is 11.7. The average molecular weight is 334 g/mol. The first-order chi connectivity index (χ1) is 8.00. The Morgan fingerprint density at radius 2 is 1.24 bits per heavy atom. The molecule has 2 rings (SSSR count). The Morgan fingerprint density at radius 1 is 0.824 bits per heavy atom. The monoisotopic (exact) mass is 332 g/mol. The molecule has 17 heavy (non-hydrogen) atoms. The number of alkyl halides is 2. The van der Waals surface area contributed by atoms with Crippen LogP contribution in [0.4, 0.5) is 4.39 Å². The highest BCUT2D eigenvalue weighted by Gasteiger charge is 2.28. The summed E-state index contributed by atoms with van der Waals surface area (Å²) in [4.78, 5) is 0. The molecular formula is C13H8BrCl2F. The van der Waals surface area contributed by atoms with Gasteiger partial charge < -0.3 is 0 Å². The van der Waals surface area contributed by atoms with Crippen molar-refractivity contribution in [3.05, 3.63) is 69.9 Å². The van der Waals surface area contributed by atoms with Gasteiger partial charge in [-0.05, 0) is 35.4 Å². The largest absolute Gasteiger partial charge is 0.207 e. The van der Waals surface area contributed by atoms with Crippen molar-refractivity contribution < 1.29 is 4.39 Å². The minimum Gasteiger partial charge on any atom is -0.207 e. The molecule has 0 bridgehead atoms. The molecule has 0 N–H and O–H groups in total. The zero-order chi connectivity index (χ0) is 12.5. The van der Waals surface area contributed by atoms with Crippen LogP contribution in [0.15, 0.2) is 53.0 Å². The summed E-state index contributed by atoms with van der Waals surface area (Å²) >= 11 is 16.0. The van der Waals surface area contributed by atoms with E-state index in [-0.39, 0.29) is 5.82 Å². The maximum Gasteiger partial charge on any atom is 0.168 e. The Hall–Kier alpha value is -0.570. The molecule has 0 amide bonds. The highest BCUT2D eigenvalue weighted by Crippen LogP contribution is 2.41. The SMILES string of the molecule is Fc1ccc(C(Cl)(Cl)c2ccc(Br)cc2)cc1. The van der Waals surface area contributed by atoms with Crippen LogP contribution in [-0.4, -0.2) is 0 Å². The molecule has 0 aliphatic rings. The van der Waals surface area contributed by atoms with E-state index in [0.717, 1.165) is 10.0 Å². The summed E-state index contributed by atoms with van der Waals surface area (Å²) in [6.45, 7) is 0. The van der Waals surface area contributed by atoms with Gasteiger partial charge in [-0.15, -0.1) is 0 Å². The molecule has 0 radical (unpaired) electrons. The van der Waals surface area contributed by atoms with Gasteiger partial charge in [0.05, 0.1) is 0 Å². The van der Waals surface area contributed by atoms with Crippen molar-refractivity contribution in [3.8, 4) is 0 Å². The lowest BCUT2D eigenvalue weighted by molar-refractivity contribution is 0.627. The lowest BCUT2D eigenvalue weighted by atomic mass is 10.0. The zero-order valence-electron chi connectivity index (χ0n) is 8.63. The van der Waals surface area contributed by atoms with Crippen molar-refractivity contribution in [2.45, 2.75) is 4.33 Å². The van der Waals surface area contributed by atoms with Gasteiger partial charge in [0.1, 0.15) is 5.82 Å². The topological polar surface area (TPSA) is 0 Å². The third-order valence-electron chi connectivity index (χ3n) is 2.41. The second kappa shape index (κ2) is 4.97. The third kappa shape index (κ3) is 2.82. The van der Waals surface area contributed by atoms with Gasteiger partial charge in [-0.1, -0.05) is 63.4 Å². The molecule has 0 heterocycles. The maximum atomic E-state index is 12.8. The highest BCUT2D eigenvalue weighted by molar-refractivity contribution is 9.10. The molecule has 0 spiro atoms. The molecule has 0 unspecified atom stereocenters. The quantitative estimate of drug-likeness (QED) is 0.657. The molecule has 2 aromatic rings. The van der Waals surface area contributed by atoms with E-state index >= 15 is 0 Å². The van der Waals surface area contributed by atoms with Crippen LogP contribution in [0.3, 0.4) is 0 Å². The van der Waals surface area contributed by atoms with E-state index in [2.05, 4.69) is 15.9 Å². The van der Waals surface area contributed by atoms with Crippen molar-refractivity contribution in [2.75, 3.05) is 0 Å². The van der Waals surface area contributed by atoms with Gasteiger partial charge in [0.2, 0.25) is 0 Å². The lowest BCUT2D eigenvalue weighted by Crippen LogP contribution is -2.12. The van der Waals surface area contributed by atoms with E-state index in [1.165, 1.54) is 12.1 Å². The van der Waals surface area contributed by atoms with Gasteiger partial charge in [-0.3, -0.25) is 0 Å². The van der Waals surface area contributed by atoms with Gasteiger partial charge in [-0.2, -0.15) is 0 Å². The van der Waals surface area contributed by atoms with E-state index in [1.807, 2.05) is 24.3 Å². The van der Waals surface area contributed by atoms with E-state index < -0.39 is 4.33 Å². The summed E-state index contributed by atoms with van der Waals surface area (Å²) < 4.78 is 12.6. The van der Waals surface area contributed by atoms with Crippen molar-refractivity contribution in [2.24, 2.45) is 0 Å². The van der Waals surface area contributed by atoms with Gasteiger partial charge in [0.15, 0.2) is 4.33 Å². The molecule has 0 nitrogen and oxygen atoms in total. The smallest absolute Gasteiger partial charge is 0.168 e. The lowest BCUT2D eigenvalue weighted by Gasteiger charge is -2.20. The second-order valence-corrected chi connectivity index (χ2v) is 5.83. The predicted molar refractivity (Wildman–Crippen MR) is 73.0 cm³/mol. The molecule has 4 heteroatoms. The highest BCUT2D eigenvalue weighted by atomic mass is 79.9. The predicted octanol–water partition coefficient (Wildman–Crippen LogP) is 5.27. The normalized spacial score (nSPS) is 11.5. The molecule has 2 aromatic carbocycles. The van der Waals surface area contributed by atoms with Crippen LogP contribution in [0.2, 0.25) is 0 Å². The maximum absolute atomic E-state index is 12.8. The van der Waals surface area contributed by atoms with Crippen LogP contribution in [-0.2, 0) is 4.33 Å². The first kappa shape index (κ1) is 12.9. The molecule has 0 aliphatic heterocycles. The Bertz CT molecular complexity index is 458. The number of rotatable bonds is 2. The van der Waals surface area contributed by atoms with Crippen LogP contribution < -0.4 is 0 Å². The van der Waals surface area contributed by atoms with Crippen molar-refractivity contribution in [1.82, 2.24) is 0 Å². The second-order valence-electron chi connectivity index (χ2n) is 3.59. The minimum atomic E-state index is -1.17. The molecular weight excluding hydrogens is 326 g/mol. The Kier molecular flexibility index (Phi) is 3.76. The van der Waals surface area contributed by atoms with Gasteiger partial charge in [0.25, 0.3) is 0 Å². The molecule has 0 atom stereocenters. The van der Waals surface area contributed by atoms with Crippen LogP contribution in [0.1, 0.15) is 11.1 Å². The van der Waals surface area contributed by atoms with Gasteiger partial charge >= 0.3 is 0 Å². The van der Waals surface area contributed by atoms with Gasteiger partial charge in [0, 0.05) is 4.47 Å². The Balaban J connectivity index is 2.41. The molecule has 0 aromatic heterocycles. The summed E-state index contributed by atoms with van der Waals surface area (Å²) in [5, 5.41) is 0. The Morgan fingerprint density at radius 3 is 1.71 bits per heavy atom. The fourth-order valence-electron chi connectivity index (χ4n) is 1.49. The number of benzene rings is 2. The summed E-state index contributed by atoms with van der Waals surface area (Å²) in [6.07, 6.45) is 0. The number of hydrogen-bond donors (Lipinski definition) is 0. The minimum absolute atomic E-state index is 0.311. The molecule has 0 fully saturated rings. The molecule has 0 aliphatic carbocycles. The van der Waals surface area contributed by atoms with Crippen LogP contribution >= 0.6 is 39.1 Å². The fraction of sp³-hybridized carbons (Fsp3) is 0.0769. The Labute approximate surface area is 117 Å². The van der Waals surface area contributed by atoms with E-state index in [0.29, 0.717) is 5.56 Å². The standard InChI is InChI=1S/C13H8BrCl2F/c14-11-5-1-9(2-6-11)13(15,16)10-3-7-12(17)8-4-10/h1-8H. The number of hydrogen-bond acceptors (Lipinski definition) is 0. The third-order valence-corrected chi connectivity index (χ3v) is 3.82. The average Bonchev–Trinajstić information content (AvgIpc) is 2.30. The van der Waals surface area contributed by atoms with E-state index in [9.17, 15) is 4.39 Å². The molecule has 0 saturated carbocycles. The van der Waals surface area contributed by atoms with Crippen LogP contribution in [0.25, 0.3) is 0 Å². The van der Waals surface area contributed by atoms with E-state index in [1.54, 1.807) is 12.1 Å². The summed E-state index contributed by atoms with van der Waals surface area (Å²) in [7, 11) is 0. The number of halogens is 4. The van der Waals surface area contributed by atoms with Crippen molar-refractivity contribution in [1.29, 1.82) is 0 Å². The molecule has 88 valence electrons.